The molecule has 0 bridgehead atoms. The Labute approximate surface area is 154 Å². The Kier molecular flexibility index (Phi) is 4.29. The summed E-state index contributed by atoms with van der Waals surface area (Å²) in [6.45, 7) is 9.16. The van der Waals surface area contributed by atoms with Crippen LogP contribution >= 0.6 is 0 Å². The van der Waals surface area contributed by atoms with Gasteiger partial charge in [0.15, 0.2) is 0 Å². The molecule has 4 heterocycles. The average Bonchev–Trinajstić information content (AvgIpc) is 3.34. The molecule has 1 aromatic heterocycles. The summed E-state index contributed by atoms with van der Waals surface area (Å²) >= 11 is 0. The van der Waals surface area contributed by atoms with E-state index >= 15 is 0 Å². The number of likely N-dealkylation sites (tertiary alicyclic amines) is 3. The van der Waals surface area contributed by atoms with Crippen molar-refractivity contribution < 1.29 is 9.59 Å². The minimum Gasteiger partial charge on any atom is -0.342 e. The normalized spacial score (nSPS) is 28.8. The van der Waals surface area contributed by atoms with Crippen molar-refractivity contribution in [1.82, 2.24) is 24.5 Å². The molecule has 0 aliphatic carbocycles. The fraction of sp³-hybridized carbons (Fsp3) is 0.737. The van der Waals surface area contributed by atoms with Gasteiger partial charge in [-0.2, -0.15) is 5.10 Å². The minimum atomic E-state index is -0.424. The lowest BCUT2D eigenvalue weighted by Crippen LogP contribution is -2.49. The standard InChI is InChI=1S/C19H29N5O2/c1-14-16(8-20-21(14)3)9-22-10-17-11-24(15(2)25)13-19(17,12-22)18(26)23-6-4-5-7-23/h8,17H,4-7,9-13H2,1-3H3/t17-,19-/m1/s1. The summed E-state index contributed by atoms with van der Waals surface area (Å²) in [5.74, 6) is 0.591. The molecule has 7 nitrogen and oxygen atoms in total. The molecule has 3 aliphatic heterocycles. The average molecular weight is 359 g/mol. The molecule has 2 atom stereocenters. The molecule has 26 heavy (non-hydrogen) atoms. The van der Waals surface area contributed by atoms with Gasteiger partial charge in [0, 0.05) is 77.0 Å². The van der Waals surface area contributed by atoms with Gasteiger partial charge in [0.25, 0.3) is 0 Å². The topological polar surface area (TPSA) is 61.7 Å². The summed E-state index contributed by atoms with van der Waals surface area (Å²) < 4.78 is 1.90. The molecule has 0 aromatic carbocycles. The molecule has 0 spiro atoms. The highest BCUT2D eigenvalue weighted by molar-refractivity contribution is 5.86. The first kappa shape index (κ1) is 17.5. The van der Waals surface area contributed by atoms with Gasteiger partial charge in [-0.05, 0) is 19.8 Å². The van der Waals surface area contributed by atoms with Crippen molar-refractivity contribution in [3.63, 3.8) is 0 Å². The molecule has 2 amide bonds. The van der Waals surface area contributed by atoms with Crippen LogP contribution in [0.5, 0.6) is 0 Å². The second kappa shape index (κ2) is 6.37. The lowest BCUT2D eigenvalue weighted by atomic mass is 9.79. The predicted octanol–water partition coefficient (Wildman–Crippen LogP) is 0.631. The molecule has 0 unspecified atom stereocenters. The molecule has 4 rings (SSSR count). The van der Waals surface area contributed by atoms with E-state index in [0.29, 0.717) is 13.1 Å². The highest BCUT2D eigenvalue weighted by Crippen LogP contribution is 2.45. The van der Waals surface area contributed by atoms with Crippen LogP contribution in [0, 0.1) is 18.3 Å². The minimum absolute atomic E-state index is 0.0858. The number of aryl methyl sites for hydroxylation is 1. The molecule has 1 aromatic rings. The van der Waals surface area contributed by atoms with Crippen molar-refractivity contribution in [1.29, 1.82) is 0 Å². The van der Waals surface area contributed by atoms with E-state index in [2.05, 4.69) is 16.9 Å². The lowest BCUT2D eigenvalue weighted by molar-refractivity contribution is -0.141. The molecule has 3 fully saturated rings. The van der Waals surface area contributed by atoms with Crippen LogP contribution in [0.4, 0.5) is 0 Å². The molecule has 3 aliphatic rings. The number of hydrogen-bond acceptors (Lipinski definition) is 4. The van der Waals surface area contributed by atoms with Gasteiger partial charge in [-0.3, -0.25) is 19.2 Å². The van der Waals surface area contributed by atoms with Gasteiger partial charge in [0.2, 0.25) is 11.8 Å². The maximum atomic E-state index is 13.4. The molecule has 142 valence electrons. The van der Waals surface area contributed by atoms with Crippen LogP contribution in [0.3, 0.4) is 0 Å². The summed E-state index contributed by atoms with van der Waals surface area (Å²) in [5.41, 5.74) is 1.97. The number of aromatic nitrogens is 2. The largest absolute Gasteiger partial charge is 0.342 e. The number of hydrogen-bond donors (Lipinski definition) is 0. The van der Waals surface area contributed by atoms with Gasteiger partial charge in [0.05, 0.1) is 11.6 Å². The number of rotatable bonds is 3. The lowest BCUT2D eigenvalue weighted by Gasteiger charge is -2.32. The number of fused-ring (bicyclic) bond motifs is 1. The van der Waals surface area contributed by atoms with Crippen molar-refractivity contribution in [2.24, 2.45) is 18.4 Å². The van der Waals surface area contributed by atoms with E-state index in [9.17, 15) is 9.59 Å². The number of carbonyl (C=O) groups is 2. The fourth-order valence-corrected chi connectivity index (χ4v) is 5.01. The van der Waals surface area contributed by atoms with Crippen molar-refractivity contribution in [2.45, 2.75) is 33.2 Å². The van der Waals surface area contributed by atoms with Gasteiger partial charge in [0.1, 0.15) is 0 Å². The molecule has 3 saturated heterocycles. The maximum Gasteiger partial charge on any atom is 0.232 e. The summed E-state index contributed by atoms with van der Waals surface area (Å²) in [6, 6.07) is 0. The van der Waals surface area contributed by atoms with Crippen molar-refractivity contribution in [2.75, 3.05) is 39.3 Å². The molecule has 0 saturated carbocycles. The van der Waals surface area contributed by atoms with Gasteiger partial charge in [-0.25, -0.2) is 0 Å². The highest BCUT2D eigenvalue weighted by Gasteiger charge is 2.58. The monoisotopic (exact) mass is 359 g/mol. The zero-order valence-corrected chi connectivity index (χ0v) is 16.1. The van der Waals surface area contributed by atoms with Crippen molar-refractivity contribution in [3.8, 4) is 0 Å². The van der Waals surface area contributed by atoms with Crippen LogP contribution in [0.25, 0.3) is 0 Å². The quantitative estimate of drug-likeness (QED) is 0.794. The van der Waals surface area contributed by atoms with Crippen LogP contribution in [0.15, 0.2) is 6.20 Å². The van der Waals surface area contributed by atoms with Gasteiger partial charge in [-0.15, -0.1) is 0 Å². The third-order valence-electron chi connectivity index (χ3n) is 6.67. The Balaban J connectivity index is 1.56. The highest BCUT2D eigenvalue weighted by atomic mass is 16.2. The summed E-state index contributed by atoms with van der Waals surface area (Å²) in [6.07, 6.45) is 4.13. The predicted molar refractivity (Wildman–Crippen MR) is 97.2 cm³/mol. The fourth-order valence-electron chi connectivity index (χ4n) is 5.01. The van der Waals surface area contributed by atoms with Gasteiger partial charge >= 0.3 is 0 Å². The molecular formula is C19H29N5O2. The third kappa shape index (κ3) is 2.73. The van der Waals surface area contributed by atoms with E-state index in [0.717, 1.165) is 45.6 Å². The van der Waals surface area contributed by atoms with Crippen molar-refractivity contribution >= 4 is 11.8 Å². The number of carbonyl (C=O) groups excluding carboxylic acids is 2. The Morgan fingerprint density at radius 3 is 2.54 bits per heavy atom. The summed E-state index contributed by atoms with van der Waals surface area (Å²) in [5, 5.41) is 4.34. The van der Waals surface area contributed by atoms with E-state index in [1.165, 1.54) is 11.3 Å². The zero-order valence-electron chi connectivity index (χ0n) is 16.1. The Morgan fingerprint density at radius 1 is 1.19 bits per heavy atom. The van der Waals surface area contributed by atoms with E-state index < -0.39 is 5.41 Å². The number of amides is 2. The van der Waals surface area contributed by atoms with Gasteiger partial charge in [-0.1, -0.05) is 0 Å². The first-order valence-corrected chi connectivity index (χ1v) is 9.65. The second-order valence-electron chi connectivity index (χ2n) is 8.30. The van der Waals surface area contributed by atoms with E-state index in [-0.39, 0.29) is 17.7 Å². The Bertz CT molecular complexity index is 724. The molecule has 0 N–H and O–H groups in total. The molecule has 0 radical (unpaired) electrons. The van der Waals surface area contributed by atoms with Crippen LogP contribution < -0.4 is 0 Å². The Morgan fingerprint density at radius 2 is 1.92 bits per heavy atom. The Hall–Kier alpha value is -1.89. The van der Waals surface area contributed by atoms with Crippen LogP contribution in [-0.2, 0) is 23.2 Å². The van der Waals surface area contributed by atoms with E-state index in [1.807, 2.05) is 27.7 Å². The molecule has 7 heteroatoms. The maximum absolute atomic E-state index is 13.4. The molecular weight excluding hydrogens is 330 g/mol. The smallest absolute Gasteiger partial charge is 0.232 e. The van der Waals surface area contributed by atoms with E-state index in [4.69, 9.17) is 0 Å². The van der Waals surface area contributed by atoms with Crippen molar-refractivity contribution in [3.05, 3.63) is 17.5 Å². The first-order chi connectivity index (χ1) is 12.4. The van der Waals surface area contributed by atoms with Crippen LogP contribution in [0.1, 0.15) is 31.0 Å². The van der Waals surface area contributed by atoms with E-state index in [1.54, 1.807) is 6.92 Å². The van der Waals surface area contributed by atoms with Crippen LogP contribution in [-0.4, -0.2) is 75.6 Å². The summed E-state index contributed by atoms with van der Waals surface area (Å²) in [7, 11) is 1.96. The zero-order chi connectivity index (χ0) is 18.5. The SMILES string of the molecule is CC(=O)N1C[C@H]2CN(Cc3cnn(C)c3C)C[C@@]2(C(=O)N2CCCC2)C1. The second-order valence-corrected chi connectivity index (χ2v) is 8.30. The van der Waals surface area contributed by atoms with Gasteiger partial charge < -0.3 is 9.80 Å². The number of nitrogens with zero attached hydrogens (tertiary/aromatic N) is 5. The first-order valence-electron chi connectivity index (χ1n) is 9.65. The third-order valence-corrected chi connectivity index (χ3v) is 6.67. The summed E-state index contributed by atoms with van der Waals surface area (Å²) in [4.78, 5) is 31.7. The van der Waals surface area contributed by atoms with Crippen LogP contribution in [0.2, 0.25) is 0 Å².